The molecule has 0 saturated carbocycles. The van der Waals surface area contributed by atoms with Crippen LogP contribution in [0.4, 0.5) is 0 Å². The minimum absolute atomic E-state index is 0. The summed E-state index contributed by atoms with van der Waals surface area (Å²) in [6.07, 6.45) is 0.946. The number of hydrogen-bond donors (Lipinski definition) is 1. The molecule has 0 saturated heterocycles. The van der Waals surface area contributed by atoms with Gasteiger partial charge < -0.3 is 10.6 Å². The summed E-state index contributed by atoms with van der Waals surface area (Å²) in [5.41, 5.74) is 7.94. The summed E-state index contributed by atoms with van der Waals surface area (Å²) in [6, 6.07) is 8.25. The first-order chi connectivity index (χ1) is 6.81. The van der Waals surface area contributed by atoms with Crippen LogP contribution in [0.3, 0.4) is 0 Å². The van der Waals surface area contributed by atoms with Gasteiger partial charge in [-0.1, -0.05) is 24.3 Å². The van der Waals surface area contributed by atoms with Crippen LogP contribution in [0.2, 0.25) is 0 Å². The Morgan fingerprint density at radius 1 is 1.33 bits per heavy atom. The molecule has 1 aromatic carbocycles. The van der Waals surface area contributed by atoms with E-state index in [-0.39, 0.29) is 24.9 Å². The average molecular weight is 227 g/mol. The summed E-state index contributed by atoms with van der Waals surface area (Å²) in [4.78, 5) is 13.2. The molecule has 0 bridgehead atoms. The summed E-state index contributed by atoms with van der Waals surface area (Å²) in [5, 5.41) is 0. The van der Waals surface area contributed by atoms with Crippen LogP contribution in [0.5, 0.6) is 0 Å². The Bertz CT molecular complexity index is 354. The summed E-state index contributed by atoms with van der Waals surface area (Å²) >= 11 is 0. The van der Waals surface area contributed by atoms with E-state index >= 15 is 0 Å². The second-order valence-corrected chi connectivity index (χ2v) is 3.54. The third kappa shape index (κ3) is 2.49. The van der Waals surface area contributed by atoms with Crippen molar-refractivity contribution in [3.05, 3.63) is 35.4 Å². The molecule has 0 radical (unpaired) electrons. The SMILES string of the molecule is Cl.NCC(=O)N1CCc2ccccc2C1. The highest BCUT2D eigenvalue weighted by molar-refractivity contribution is 5.85. The number of benzene rings is 1. The fraction of sp³-hybridized carbons (Fsp3) is 0.364. The molecule has 0 fully saturated rings. The van der Waals surface area contributed by atoms with Crippen molar-refractivity contribution < 1.29 is 4.79 Å². The van der Waals surface area contributed by atoms with Crippen LogP contribution in [0.25, 0.3) is 0 Å². The molecule has 1 amide bonds. The Hall–Kier alpha value is -1.06. The lowest BCUT2D eigenvalue weighted by Crippen LogP contribution is -2.39. The zero-order valence-corrected chi connectivity index (χ0v) is 9.30. The number of amides is 1. The lowest BCUT2D eigenvalue weighted by Gasteiger charge is -2.28. The van der Waals surface area contributed by atoms with E-state index in [4.69, 9.17) is 5.73 Å². The molecular formula is C11H15ClN2O. The molecule has 15 heavy (non-hydrogen) atoms. The van der Waals surface area contributed by atoms with Crippen LogP contribution >= 0.6 is 12.4 Å². The summed E-state index contributed by atoms with van der Waals surface area (Å²) in [5.74, 6) is 0.0412. The molecule has 1 heterocycles. The molecule has 4 heteroatoms. The van der Waals surface area contributed by atoms with Gasteiger partial charge in [-0.3, -0.25) is 4.79 Å². The van der Waals surface area contributed by atoms with Crippen molar-refractivity contribution in [1.29, 1.82) is 0 Å². The fourth-order valence-electron chi connectivity index (χ4n) is 1.84. The van der Waals surface area contributed by atoms with Crippen LogP contribution in [-0.4, -0.2) is 23.9 Å². The van der Waals surface area contributed by atoms with Gasteiger partial charge in [-0.15, -0.1) is 12.4 Å². The molecule has 0 aromatic heterocycles. The maximum atomic E-state index is 11.4. The second kappa shape index (κ2) is 5.14. The zero-order valence-electron chi connectivity index (χ0n) is 8.48. The molecule has 1 aliphatic rings. The second-order valence-electron chi connectivity index (χ2n) is 3.54. The number of nitrogens with two attached hydrogens (primary N) is 1. The molecular weight excluding hydrogens is 212 g/mol. The van der Waals surface area contributed by atoms with E-state index in [1.54, 1.807) is 0 Å². The lowest BCUT2D eigenvalue weighted by atomic mass is 10.00. The minimum atomic E-state index is 0. The van der Waals surface area contributed by atoms with Gasteiger partial charge in [-0.2, -0.15) is 0 Å². The maximum Gasteiger partial charge on any atom is 0.236 e. The Morgan fingerprint density at radius 2 is 2.00 bits per heavy atom. The van der Waals surface area contributed by atoms with Gasteiger partial charge in [-0.05, 0) is 17.5 Å². The average Bonchev–Trinajstić information content (AvgIpc) is 2.27. The Kier molecular flexibility index (Phi) is 4.12. The predicted molar refractivity (Wildman–Crippen MR) is 61.9 cm³/mol. The Balaban J connectivity index is 0.00000112. The molecule has 0 atom stereocenters. The quantitative estimate of drug-likeness (QED) is 0.775. The minimum Gasteiger partial charge on any atom is -0.337 e. The van der Waals surface area contributed by atoms with Crippen molar-refractivity contribution in [2.24, 2.45) is 5.73 Å². The van der Waals surface area contributed by atoms with Crippen molar-refractivity contribution >= 4 is 18.3 Å². The molecule has 0 unspecified atom stereocenters. The van der Waals surface area contributed by atoms with E-state index < -0.39 is 0 Å². The van der Waals surface area contributed by atoms with Crippen LogP contribution in [0, 0.1) is 0 Å². The van der Waals surface area contributed by atoms with Crippen molar-refractivity contribution in [3.8, 4) is 0 Å². The zero-order chi connectivity index (χ0) is 9.97. The molecule has 1 aromatic rings. The van der Waals surface area contributed by atoms with Gasteiger partial charge in [0.2, 0.25) is 5.91 Å². The highest BCUT2D eigenvalue weighted by Gasteiger charge is 2.18. The first kappa shape index (κ1) is 12.0. The number of rotatable bonds is 1. The van der Waals surface area contributed by atoms with Gasteiger partial charge in [0.25, 0.3) is 0 Å². The maximum absolute atomic E-state index is 11.4. The third-order valence-electron chi connectivity index (χ3n) is 2.66. The van der Waals surface area contributed by atoms with Crippen molar-refractivity contribution in [1.82, 2.24) is 4.90 Å². The van der Waals surface area contributed by atoms with Gasteiger partial charge in [-0.25, -0.2) is 0 Å². The number of carbonyl (C=O) groups is 1. The molecule has 3 nitrogen and oxygen atoms in total. The summed E-state index contributed by atoms with van der Waals surface area (Å²) < 4.78 is 0. The van der Waals surface area contributed by atoms with E-state index in [9.17, 15) is 4.79 Å². The smallest absolute Gasteiger partial charge is 0.236 e. The Labute approximate surface area is 95.7 Å². The molecule has 2 rings (SSSR count). The summed E-state index contributed by atoms with van der Waals surface area (Å²) in [7, 11) is 0. The van der Waals surface area contributed by atoms with Gasteiger partial charge in [0, 0.05) is 13.1 Å². The topological polar surface area (TPSA) is 46.3 Å². The van der Waals surface area contributed by atoms with Gasteiger partial charge >= 0.3 is 0 Å². The van der Waals surface area contributed by atoms with E-state index in [1.165, 1.54) is 11.1 Å². The number of carbonyl (C=O) groups excluding carboxylic acids is 1. The lowest BCUT2D eigenvalue weighted by molar-refractivity contribution is -0.130. The highest BCUT2D eigenvalue weighted by atomic mass is 35.5. The standard InChI is InChI=1S/C11H14N2O.ClH/c12-7-11(14)13-6-5-9-3-1-2-4-10(9)8-13;/h1-4H,5-8,12H2;1H. The van der Waals surface area contributed by atoms with E-state index in [0.29, 0.717) is 6.54 Å². The highest BCUT2D eigenvalue weighted by Crippen LogP contribution is 2.17. The largest absolute Gasteiger partial charge is 0.337 e. The molecule has 0 spiro atoms. The first-order valence-electron chi connectivity index (χ1n) is 4.86. The number of halogens is 1. The third-order valence-corrected chi connectivity index (χ3v) is 2.66. The van der Waals surface area contributed by atoms with Crippen LogP contribution in [0.1, 0.15) is 11.1 Å². The molecule has 1 aliphatic heterocycles. The number of fused-ring (bicyclic) bond motifs is 1. The number of hydrogen-bond acceptors (Lipinski definition) is 2. The van der Waals surface area contributed by atoms with Gasteiger partial charge in [0.1, 0.15) is 0 Å². The van der Waals surface area contributed by atoms with E-state index in [0.717, 1.165) is 13.0 Å². The van der Waals surface area contributed by atoms with Crippen LogP contribution in [-0.2, 0) is 17.8 Å². The van der Waals surface area contributed by atoms with E-state index in [2.05, 4.69) is 12.1 Å². The van der Waals surface area contributed by atoms with Crippen LogP contribution < -0.4 is 5.73 Å². The predicted octanol–water partition coefficient (Wildman–Crippen LogP) is 0.952. The molecule has 82 valence electrons. The normalized spacial score (nSPS) is 14.1. The monoisotopic (exact) mass is 226 g/mol. The fourth-order valence-corrected chi connectivity index (χ4v) is 1.84. The first-order valence-corrected chi connectivity index (χ1v) is 4.86. The van der Waals surface area contributed by atoms with Crippen molar-refractivity contribution in [2.45, 2.75) is 13.0 Å². The summed E-state index contributed by atoms with van der Waals surface area (Å²) in [6.45, 7) is 1.63. The Morgan fingerprint density at radius 3 is 2.67 bits per heavy atom. The van der Waals surface area contributed by atoms with Crippen LogP contribution in [0.15, 0.2) is 24.3 Å². The van der Waals surface area contributed by atoms with Crippen molar-refractivity contribution in [3.63, 3.8) is 0 Å². The van der Waals surface area contributed by atoms with E-state index in [1.807, 2.05) is 17.0 Å². The number of nitrogens with zero attached hydrogens (tertiary/aromatic N) is 1. The van der Waals surface area contributed by atoms with Gasteiger partial charge in [0.15, 0.2) is 0 Å². The molecule has 2 N–H and O–H groups in total. The van der Waals surface area contributed by atoms with Crippen molar-refractivity contribution in [2.75, 3.05) is 13.1 Å². The molecule has 0 aliphatic carbocycles. The van der Waals surface area contributed by atoms with Gasteiger partial charge in [0.05, 0.1) is 6.54 Å².